The number of ketones is 1. The fraction of sp³-hybridized carbons (Fsp3) is 0.929. The van der Waals surface area contributed by atoms with E-state index in [4.69, 9.17) is 5.73 Å². The lowest BCUT2D eigenvalue weighted by Crippen LogP contribution is -2.39. The first kappa shape index (κ1) is 14.7. The Morgan fingerprint density at radius 1 is 1.47 bits per heavy atom. The lowest BCUT2D eigenvalue weighted by molar-refractivity contribution is -0.124. The minimum Gasteiger partial charge on any atom is -0.392 e. The van der Waals surface area contributed by atoms with Gasteiger partial charge in [-0.15, -0.1) is 0 Å². The molecule has 100 valence electrons. The van der Waals surface area contributed by atoms with Gasteiger partial charge in [0.05, 0.1) is 6.10 Å². The predicted molar refractivity (Wildman–Crippen MR) is 69.6 cm³/mol. The van der Waals surface area contributed by atoms with Gasteiger partial charge in [-0.25, -0.2) is 0 Å². The molecule has 0 heterocycles. The number of hydrogen-bond acceptors (Lipinski definition) is 3. The Balaban J connectivity index is 2.60. The molecule has 5 atom stereocenters. The van der Waals surface area contributed by atoms with Gasteiger partial charge < -0.3 is 10.8 Å². The highest BCUT2D eigenvalue weighted by Gasteiger charge is 2.33. The van der Waals surface area contributed by atoms with Crippen LogP contribution >= 0.6 is 0 Å². The molecule has 0 radical (unpaired) electrons. The van der Waals surface area contributed by atoms with Crippen LogP contribution < -0.4 is 5.73 Å². The Bertz CT molecular complexity index is 255. The highest BCUT2D eigenvalue weighted by atomic mass is 16.3. The van der Waals surface area contributed by atoms with Crippen molar-refractivity contribution in [2.45, 2.75) is 65.0 Å². The average molecular weight is 241 g/mol. The quantitative estimate of drug-likeness (QED) is 0.775. The first-order valence-corrected chi connectivity index (χ1v) is 6.89. The predicted octanol–water partition coefficient (Wildman–Crippen LogP) is 2.12. The van der Waals surface area contributed by atoms with E-state index in [9.17, 15) is 9.90 Å². The highest BCUT2D eigenvalue weighted by molar-refractivity contribution is 5.78. The van der Waals surface area contributed by atoms with Gasteiger partial charge >= 0.3 is 0 Å². The third kappa shape index (κ3) is 4.07. The normalized spacial score (nSPS) is 33.1. The zero-order chi connectivity index (χ0) is 13.0. The maximum absolute atomic E-state index is 11.6. The third-order valence-electron chi connectivity index (χ3n) is 4.28. The van der Waals surface area contributed by atoms with Crippen LogP contribution in [0.5, 0.6) is 0 Å². The average Bonchev–Trinajstić information content (AvgIpc) is 2.27. The van der Waals surface area contributed by atoms with Crippen LogP contribution in [-0.4, -0.2) is 23.0 Å². The molecule has 17 heavy (non-hydrogen) atoms. The van der Waals surface area contributed by atoms with Crippen molar-refractivity contribution in [3.8, 4) is 0 Å². The lowest BCUT2D eigenvalue weighted by atomic mass is 9.70. The summed E-state index contributed by atoms with van der Waals surface area (Å²) in [5.74, 6) is 1.41. The Hall–Kier alpha value is -0.410. The van der Waals surface area contributed by atoms with E-state index in [1.165, 1.54) is 0 Å². The smallest absolute Gasteiger partial charge is 0.133 e. The first-order chi connectivity index (χ1) is 7.95. The molecule has 0 bridgehead atoms. The molecule has 1 aliphatic rings. The number of nitrogens with two attached hydrogens (primary N) is 1. The number of Topliss-reactive ketones (excluding diaryl/α,β-unsaturated/α-hetero) is 1. The van der Waals surface area contributed by atoms with Gasteiger partial charge in [0.2, 0.25) is 0 Å². The van der Waals surface area contributed by atoms with E-state index in [1.54, 1.807) is 6.92 Å². The fourth-order valence-electron chi connectivity index (χ4n) is 3.05. The molecular weight excluding hydrogens is 214 g/mol. The van der Waals surface area contributed by atoms with Crippen molar-refractivity contribution in [1.29, 1.82) is 0 Å². The summed E-state index contributed by atoms with van der Waals surface area (Å²) in [5.41, 5.74) is 5.85. The Morgan fingerprint density at radius 2 is 2.12 bits per heavy atom. The van der Waals surface area contributed by atoms with Crippen LogP contribution in [-0.2, 0) is 4.79 Å². The number of carbonyl (C=O) groups excluding carboxylic acids is 1. The summed E-state index contributed by atoms with van der Waals surface area (Å²) in [4.78, 5) is 11.6. The molecule has 3 unspecified atom stereocenters. The van der Waals surface area contributed by atoms with Crippen LogP contribution in [0.1, 0.15) is 52.9 Å². The molecule has 0 saturated heterocycles. The van der Waals surface area contributed by atoms with Gasteiger partial charge in [0.15, 0.2) is 0 Å². The minimum atomic E-state index is -0.461. The molecule has 1 saturated carbocycles. The van der Waals surface area contributed by atoms with Crippen molar-refractivity contribution < 1.29 is 9.90 Å². The van der Waals surface area contributed by atoms with Gasteiger partial charge in [0, 0.05) is 12.0 Å². The molecule has 3 nitrogen and oxygen atoms in total. The Labute approximate surface area is 105 Å². The molecule has 0 aliphatic heterocycles. The van der Waals surface area contributed by atoms with E-state index in [-0.39, 0.29) is 17.7 Å². The molecule has 3 heteroatoms. The molecule has 0 aromatic heterocycles. The molecule has 0 aromatic rings. The monoisotopic (exact) mass is 241 g/mol. The van der Waals surface area contributed by atoms with Crippen LogP contribution in [0.4, 0.5) is 0 Å². The van der Waals surface area contributed by atoms with E-state index in [1.807, 2.05) is 6.92 Å². The molecule has 0 aromatic carbocycles. The van der Waals surface area contributed by atoms with Gasteiger partial charge in [-0.3, -0.25) is 4.79 Å². The molecule has 1 rings (SSSR count). The third-order valence-corrected chi connectivity index (χ3v) is 4.28. The zero-order valence-electron chi connectivity index (χ0n) is 11.4. The van der Waals surface area contributed by atoms with Gasteiger partial charge in [0.25, 0.3) is 0 Å². The zero-order valence-corrected chi connectivity index (χ0v) is 11.4. The Kier molecular flexibility index (Phi) is 5.60. The number of carbonyl (C=O) groups is 1. The second-order valence-corrected chi connectivity index (χ2v) is 5.77. The van der Waals surface area contributed by atoms with Crippen molar-refractivity contribution in [2.24, 2.45) is 23.5 Å². The number of aliphatic hydroxyl groups is 1. The van der Waals surface area contributed by atoms with E-state index in [2.05, 4.69) is 6.92 Å². The van der Waals surface area contributed by atoms with Crippen LogP contribution in [0.15, 0.2) is 0 Å². The number of aliphatic hydroxyl groups excluding tert-OH is 1. The second-order valence-electron chi connectivity index (χ2n) is 5.77. The van der Waals surface area contributed by atoms with Crippen LogP contribution in [0.3, 0.4) is 0 Å². The lowest BCUT2D eigenvalue weighted by Gasteiger charge is -2.35. The molecule has 1 fully saturated rings. The largest absolute Gasteiger partial charge is 0.392 e. The van der Waals surface area contributed by atoms with Crippen molar-refractivity contribution in [1.82, 2.24) is 0 Å². The second kappa shape index (κ2) is 6.50. The van der Waals surface area contributed by atoms with E-state index < -0.39 is 6.10 Å². The van der Waals surface area contributed by atoms with Crippen molar-refractivity contribution >= 4 is 5.78 Å². The summed E-state index contributed by atoms with van der Waals surface area (Å²) < 4.78 is 0. The fourth-order valence-corrected chi connectivity index (χ4v) is 3.05. The van der Waals surface area contributed by atoms with E-state index in [0.29, 0.717) is 18.3 Å². The SMILES string of the molecule is CC[C@H](N)[C@H](O)CC1CC(C)CCC1C(C)=O. The molecular formula is C14H27NO2. The molecule has 1 aliphatic carbocycles. The Morgan fingerprint density at radius 3 is 2.65 bits per heavy atom. The van der Waals surface area contributed by atoms with Gasteiger partial charge in [-0.05, 0) is 44.4 Å². The first-order valence-electron chi connectivity index (χ1n) is 6.89. The molecule has 0 spiro atoms. The van der Waals surface area contributed by atoms with Crippen LogP contribution in [0.2, 0.25) is 0 Å². The summed E-state index contributed by atoms with van der Waals surface area (Å²) in [6, 6.07) is -0.153. The minimum absolute atomic E-state index is 0.143. The van der Waals surface area contributed by atoms with Gasteiger partial charge in [0.1, 0.15) is 5.78 Å². The number of hydrogen-bond donors (Lipinski definition) is 2. The van der Waals surface area contributed by atoms with Gasteiger partial charge in [-0.1, -0.05) is 20.3 Å². The maximum atomic E-state index is 11.6. The summed E-state index contributed by atoms with van der Waals surface area (Å²) in [6.07, 6.45) is 4.18. The van der Waals surface area contributed by atoms with Crippen molar-refractivity contribution in [3.05, 3.63) is 0 Å². The van der Waals surface area contributed by atoms with E-state index in [0.717, 1.165) is 25.7 Å². The maximum Gasteiger partial charge on any atom is 0.133 e. The molecule has 3 N–H and O–H groups in total. The topological polar surface area (TPSA) is 63.3 Å². The molecule has 0 amide bonds. The van der Waals surface area contributed by atoms with Gasteiger partial charge in [-0.2, -0.15) is 0 Å². The summed E-state index contributed by atoms with van der Waals surface area (Å²) in [7, 11) is 0. The summed E-state index contributed by atoms with van der Waals surface area (Å²) in [6.45, 7) is 5.90. The van der Waals surface area contributed by atoms with Crippen molar-refractivity contribution in [2.75, 3.05) is 0 Å². The summed E-state index contributed by atoms with van der Waals surface area (Å²) in [5, 5.41) is 10.0. The van der Waals surface area contributed by atoms with E-state index >= 15 is 0 Å². The van der Waals surface area contributed by atoms with Crippen LogP contribution in [0, 0.1) is 17.8 Å². The summed E-state index contributed by atoms with van der Waals surface area (Å²) >= 11 is 0. The van der Waals surface area contributed by atoms with Crippen LogP contribution in [0.25, 0.3) is 0 Å². The number of rotatable bonds is 5. The highest BCUT2D eigenvalue weighted by Crippen LogP contribution is 2.37. The van der Waals surface area contributed by atoms with Crippen molar-refractivity contribution in [3.63, 3.8) is 0 Å². The standard InChI is InChI=1S/C14H27NO2/c1-4-13(15)14(17)8-11-7-9(2)5-6-12(11)10(3)16/h9,11-14,17H,4-8,15H2,1-3H3/t9?,11?,12?,13-,14+/m0/s1.